The molecule has 0 aromatic heterocycles. The molecule has 5 nitrogen and oxygen atoms in total. The molecule has 0 fully saturated rings. The molecular formula is C35H32N2O3S. The van der Waals surface area contributed by atoms with Crippen LogP contribution in [-0.2, 0) is 16.6 Å². The molecule has 0 radical (unpaired) electrons. The first-order chi connectivity index (χ1) is 19.8. The van der Waals surface area contributed by atoms with E-state index in [0.29, 0.717) is 5.69 Å². The van der Waals surface area contributed by atoms with Gasteiger partial charge < -0.3 is 5.32 Å². The van der Waals surface area contributed by atoms with Crippen molar-refractivity contribution in [3.8, 4) is 0 Å². The number of hydrogen-bond donors (Lipinski definition) is 1. The number of nitrogens with one attached hydrogen (secondary N) is 1. The quantitative estimate of drug-likeness (QED) is 0.207. The number of carbonyl (C=O) groups excluding carboxylic acids is 1. The first-order valence-corrected chi connectivity index (χ1v) is 14.9. The molecule has 0 aliphatic heterocycles. The molecule has 0 bridgehead atoms. The maximum absolute atomic E-state index is 14.1. The molecule has 0 saturated heterocycles. The molecule has 0 saturated carbocycles. The SMILES string of the molecule is Cc1ccc(S(=O)(=O)N(Cc2ccccc2)c2ccccc2C(=O)NC(c2ccccc2)c2ccccc2C)cc1. The van der Waals surface area contributed by atoms with Gasteiger partial charge in [-0.3, -0.25) is 9.10 Å². The molecule has 5 rings (SSSR count). The van der Waals surface area contributed by atoms with Crippen LogP contribution in [0.2, 0.25) is 0 Å². The van der Waals surface area contributed by atoms with Crippen molar-refractivity contribution >= 4 is 21.6 Å². The van der Waals surface area contributed by atoms with E-state index in [2.05, 4.69) is 5.32 Å². The van der Waals surface area contributed by atoms with E-state index < -0.39 is 16.1 Å². The molecule has 1 amide bonds. The van der Waals surface area contributed by atoms with E-state index >= 15 is 0 Å². The number of para-hydroxylation sites is 1. The smallest absolute Gasteiger partial charge is 0.264 e. The lowest BCUT2D eigenvalue weighted by Crippen LogP contribution is -2.35. The molecule has 1 atom stereocenters. The molecule has 6 heteroatoms. The normalized spacial score (nSPS) is 12.0. The van der Waals surface area contributed by atoms with Crippen molar-refractivity contribution in [1.29, 1.82) is 0 Å². The summed E-state index contributed by atoms with van der Waals surface area (Å²) in [7, 11) is -4.01. The summed E-state index contributed by atoms with van der Waals surface area (Å²) in [5, 5.41) is 3.20. The molecule has 1 N–H and O–H groups in total. The summed E-state index contributed by atoms with van der Waals surface area (Å²) in [5.41, 5.74) is 5.29. The molecule has 5 aromatic rings. The summed E-state index contributed by atoms with van der Waals surface area (Å²) in [5.74, 6) is -0.366. The lowest BCUT2D eigenvalue weighted by Gasteiger charge is -2.28. The number of carbonyl (C=O) groups is 1. The zero-order valence-corrected chi connectivity index (χ0v) is 23.9. The van der Waals surface area contributed by atoms with Gasteiger partial charge in [0.1, 0.15) is 0 Å². The maximum atomic E-state index is 14.1. The van der Waals surface area contributed by atoms with E-state index in [1.807, 2.05) is 98.8 Å². The third-order valence-electron chi connectivity index (χ3n) is 7.10. The highest BCUT2D eigenvalue weighted by molar-refractivity contribution is 7.92. The van der Waals surface area contributed by atoms with Crippen molar-refractivity contribution in [2.24, 2.45) is 0 Å². The summed E-state index contributed by atoms with van der Waals surface area (Å²) in [6.07, 6.45) is 0. The van der Waals surface area contributed by atoms with Gasteiger partial charge in [-0.1, -0.05) is 115 Å². The van der Waals surface area contributed by atoms with Gasteiger partial charge in [0.2, 0.25) is 0 Å². The number of aryl methyl sites for hydroxylation is 2. The molecule has 1 unspecified atom stereocenters. The predicted molar refractivity (Wildman–Crippen MR) is 164 cm³/mol. The Morgan fingerprint density at radius 2 is 1.29 bits per heavy atom. The van der Waals surface area contributed by atoms with Crippen LogP contribution in [-0.4, -0.2) is 14.3 Å². The Kier molecular flexibility index (Phi) is 8.31. The van der Waals surface area contributed by atoms with E-state index in [9.17, 15) is 13.2 Å². The monoisotopic (exact) mass is 560 g/mol. The van der Waals surface area contributed by atoms with Crippen LogP contribution in [0.25, 0.3) is 0 Å². The first-order valence-electron chi connectivity index (χ1n) is 13.5. The van der Waals surface area contributed by atoms with E-state index in [0.717, 1.165) is 27.8 Å². The number of sulfonamides is 1. The third kappa shape index (κ3) is 6.23. The molecule has 0 spiro atoms. The Balaban J connectivity index is 1.59. The standard InChI is InChI=1S/C35H32N2O3S/c1-26-21-23-30(24-22-26)41(39,40)37(25-28-14-5-3-6-15-28)33-20-12-11-19-32(33)35(38)36-34(29-16-7-4-8-17-29)31-18-10-9-13-27(31)2/h3-24,34H,25H2,1-2H3,(H,36,38). The van der Waals surface area contributed by atoms with Gasteiger partial charge in [0.15, 0.2) is 0 Å². The summed E-state index contributed by atoms with van der Waals surface area (Å²) in [4.78, 5) is 14.2. The topological polar surface area (TPSA) is 66.5 Å². The van der Waals surface area contributed by atoms with Gasteiger partial charge in [0.05, 0.1) is 28.7 Å². The number of amides is 1. The lowest BCUT2D eigenvalue weighted by molar-refractivity contribution is 0.0943. The number of rotatable bonds is 9. The molecule has 41 heavy (non-hydrogen) atoms. The minimum absolute atomic E-state index is 0.0707. The van der Waals surface area contributed by atoms with Crippen molar-refractivity contribution in [1.82, 2.24) is 5.32 Å². The van der Waals surface area contributed by atoms with Crippen LogP contribution in [0.4, 0.5) is 5.69 Å². The van der Waals surface area contributed by atoms with Gasteiger partial charge in [0.25, 0.3) is 15.9 Å². The average Bonchev–Trinajstić information content (AvgIpc) is 3.00. The second-order valence-corrected chi connectivity index (χ2v) is 11.9. The highest BCUT2D eigenvalue weighted by Gasteiger charge is 2.29. The van der Waals surface area contributed by atoms with Gasteiger partial charge >= 0.3 is 0 Å². The van der Waals surface area contributed by atoms with Gasteiger partial charge in [-0.2, -0.15) is 0 Å². The van der Waals surface area contributed by atoms with Crippen molar-refractivity contribution in [2.75, 3.05) is 4.31 Å². The number of hydrogen-bond acceptors (Lipinski definition) is 3. The maximum Gasteiger partial charge on any atom is 0.264 e. The van der Waals surface area contributed by atoms with Crippen molar-refractivity contribution in [3.63, 3.8) is 0 Å². The molecule has 5 aromatic carbocycles. The third-order valence-corrected chi connectivity index (χ3v) is 8.88. The van der Waals surface area contributed by atoms with E-state index in [1.54, 1.807) is 48.5 Å². The first kappa shape index (κ1) is 27.9. The average molecular weight is 561 g/mol. The van der Waals surface area contributed by atoms with Gasteiger partial charge in [-0.15, -0.1) is 0 Å². The lowest BCUT2D eigenvalue weighted by atomic mass is 9.94. The molecular weight excluding hydrogens is 528 g/mol. The number of anilines is 1. The largest absolute Gasteiger partial charge is 0.341 e. The fraction of sp³-hybridized carbons (Fsp3) is 0.114. The molecule has 0 heterocycles. The van der Waals surface area contributed by atoms with Crippen LogP contribution >= 0.6 is 0 Å². The van der Waals surface area contributed by atoms with Crippen LogP contribution in [0.15, 0.2) is 138 Å². The summed E-state index contributed by atoms with van der Waals surface area (Å²) < 4.78 is 29.6. The number of nitrogens with zero attached hydrogens (tertiary/aromatic N) is 1. The summed E-state index contributed by atoms with van der Waals surface area (Å²) in [6, 6.07) is 40.3. The second kappa shape index (κ2) is 12.2. The molecule has 0 aliphatic rings. The molecule has 0 aliphatic carbocycles. The highest BCUT2D eigenvalue weighted by atomic mass is 32.2. The van der Waals surface area contributed by atoms with Crippen LogP contribution in [0.5, 0.6) is 0 Å². The van der Waals surface area contributed by atoms with Gasteiger partial charge in [-0.25, -0.2) is 8.42 Å². The van der Waals surface area contributed by atoms with Crippen molar-refractivity contribution in [3.05, 3.63) is 167 Å². The zero-order chi connectivity index (χ0) is 28.8. The zero-order valence-electron chi connectivity index (χ0n) is 23.1. The fourth-order valence-electron chi connectivity index (χ4n) is 4.88. The Labute approximate surface area is 242 Å². The van der Waals surface area contributed by atoms with Crippen molar-refractivity contribution in [2.45, 2.75) is 31.3 Å². The minimum Gasteiger partial charge on any atom is -0.341 e. The van der Waals surface area contributed by atoms with Crippen LogP contribution < -0.4 is 9.62 Å². The van der Waals surface area contributed by atoms with Crippen LogP contribution in [0.1, 0.15) is 44.2 Å². The van der Waals surface area contributed by atoms with Gasteiger partial charge in [0, 0.05) is 0 Å². The summed E-state index contributed by atoms with van der Waals surface area (Å²) in [6.45, 7) is 4.00. The Morgan fingerprint density at radius 1 is 0.707 bits per heavy atom. The molecule has 206 valence electrons. The second-order valence-electron chi connectivity index (χ2n) is 10.0. The van der Waals surface area contributed by atoms with Gasteiger partial charge in [-0.05, 0) is 60.4 Å². The van der Waals surface area contributed by atoms with E-state index in [1.165, 1.54) is 4.31 Å². The summed E-state index contributed by atoms with van der Waals surface area (Å²) >= 11 is 0. The Hall–Kier alpha value is -4.68. The number of benzene rings is 5. The highest BCUT2D eigenvalue weighted by Crippen LogP contribution is 2.31. The Morgan fingerprint density at radius 3 is 1.98 bits per heavy atom. The Bertz CT molecular complexity index is 1740. The van der Waals surface area contributed by atoms with E-state index in [-0.39, 0.29) is 22.9 Å². The minimum atomic E-state index is -4.01. The fourth-order valence-corrected chi connectivity index (χ4v) is 6.35. The van der Waals surface area contributed by atoms with Crippen LogP contribution in [0, 0.1) is 13.8 Å². The van der Waals surface area contributed by atoms with E-state index in [4.69, 9.17) is 0 Å². The van der Waals surface area contributed by atoms with Crippen molar-refractivity contribution < 1.29 is 13.2 Å². The van der Waals surface area contributed by atoms with Crippen LogP contribution in [0.3, 0.4) is 0 Å². The predicted octanol–water partition coefficient (Wildman–Crippen LogP) is 7.22.